The standard InChI is InChI=1S/C18H15Cl2NO2/c1-23-6-5-21-10-13(11-22)18-16(3-2-4-17(18)21)12-7-14(19)9-15(20)8-12/h2-4,7-11H,5-6H2,1H3. The van der Waals surface area contributed by atoms with Crippen molar-refractivity contribution in [3.05, 3.63) is 58.2 Å². The number of carbonyl (C=O) groups is 1. The molecule has 3 nitrogen and oxygen atoms in total. The van der Waals surface area contributed by atoms with Gasteiger partial charge in [-0.2, -0.15) is 0 Å². The molecule has 0 atom stereocenters. The molecular weight excluding hydrogens is 333 g/mol. The molecule has 0 unspecified atom stereocenters. The van der Waals surface area contributed by atoms with Crippen LogP contribution in [0.5, 0.6) is 0 Å². The minimum atomic E-state index is 0.566. The third-order valence-corrected chi connectivity index (χ3v) is 4.21. The van der Waals surface area contributed by atoms with Crippen LogP contribution in [0.25, 0.3) is 22.0 Å². The number of aldehydes is 1. The van der Waals surface area contributed by atoms with Crippen molar-refractivity contribution < 1.29 is 9.53 Å². The Morgan fingerprint density at radius 1 is 1.17 bits per heavy atom. The molecule has 0 radical (unpaired) electrons. The predicted molar refractivity (Wildman–Crippen MR) is 94.7 cm³/mol. The first-order valence-electron chi connectivity index (χ1n) is 7.16. The van der Waals surface area contributed by atoms with Crippen molar-refractivity contribution in [3.8, 4) is 11.1 Å². The van der Waals surface area contributed by atoms with Gasteiger partial charge >= 0.3 is 0 Å². The first-order chi connectivity index (χ1) is 11.1. The van der Waals surface area contributed by atoms with Crippen LogP contribution in [0.4, 0.5) is 0 Å². The van der Waals surface area contributed by atoms with Gasteiger partial charge in [0.1, 0.15) is 0 Å². The Kier molecular flexibility index (Phi) is 4.71. The van der Waals surface area contributed by atoms with E-state index in [9.17, 15) is 4.79 Å². The molecule has 1 aromatic heterocycles. The highest BCUT2D eigenvalue weighted by molar-refractivity contribution is 6.35. The molecule has 0 spiro atoms. The molecule has 0 amide bonds. The molecule has 0 bridgehead atoms. The monoisotopic (exact) mass is 347 g/mol. The first-order valence-corrected chi connectivity index (χ1v) is 7.92. The maximum atomic E-state index is 11.5. The van der Waals surface area contributed by atoms with E-state index >= 15 is 0 Å². The zero-order valence-electron chi connectivity index (χ0n) is 12.6. The lowest BCUT2D eigenvalue weighted by atomic mass is 9.99. The molecule has 2 aromatic carbocycles. The van der Waals surface area contributed by atoms with E-state index in [2.05, 4.69) is 0 Å². The molecule has 0 aliphatic carbocycles. The number of rotatable bonds is 5. The van der Waals surface area contributed by atoms with E-state index in [4.69, 9.17) is 27.9 Å². The van der Waals surface area contributed by atoms with Gasteiger partial charge in [-0.15, -0.1) is 0 Å². The maximum Gasteiger partial charge on any atom is 0.152 e. The van der Waals surface area contributed by atoms with Crippen LogP contribution in [0.2, 0.25) is 10.0 Å². The van der Waals surface area contributed by atoms with E-state index < -0.39 is 0 Å². The zero-order chi connectivity index (χ0) is 16.4. The highest BCUT2D eigenvalue weighted by Gasteiger charge is 2.14. The van der Waals surface area contributed by atoms with E-state index in [1.54, 1.807) is 13.2 Å². The van der Waals surface area contributed by atoms with Crippen molar-refractivity contribution >= 4 is 40.4 Å². The Hall–Kier alpha value is -1.81. The third kappa shape index (κ3) is 3.13. The molecule has 118 valence electrons. The molecule has 0 saturated carbocycles. The average molecular weight is 348 g/mol. The summed E-state index contributed by atoms with van der Waals surface area (Å²) in [6, 6.07) is 11.3. The third-order valence-electron chi connectivity index (χ3n) is 3.77. The predicted octanol–water partition coefficient (Wildman–Crippen LogP) is 5.07. The normalized spacial score (nSPS) is 11.1. The molecule has 1 heterocycles. The number of hydrogen-bond donors (Lipinski definition) is 0. The number of ether oxygens (including phenoxy) is 1. The van der Waals surface area contributed by atoms with E-state index in [1.807, 2.05) is 41.1 Å². The molecule has 0 saturated heterocycles. The Morgan fingerprint density at radius 3 is 2.57 bits per heavy atom. The fourth-order valence-electron chi connectivity index (χ4n) is 2.80. The minimum Gasteiger partial charge on any atom is -0.383 e. The van der Waals surface area contributed by atoms with Gasteiger partial charge in [0.15, 0.2) is 6.29 Å². The van der Waals surface area contributed by atoms with Crippen LogP contribution in [0, 0.1) is 0 Å². The Bertz CT molecular complexity index is 851. The molecule has 3 aromatic rings. The van der Waals surface area contributed by atoms with Crippen molar-refractivity contribution in [1.29, 1.82) is 0 Å². The van der Waals surface area contributed by atoms with Gasteiger partial charge in [-0.1, -0.05) is 35.3 Å². The SMILES string of the molecule is COCCn1cc(C=O)c2c(-c3cc(Cl)cc(Cl)c3)cccc21. The van der Waals surface area contributed by atoms with E-state index in [-0.39, 0.29) is 0 Å². The molecule has 3 rings (SSSR count). The Morgan fingerprint density at radius 2 is 1.91 bits per heavy atom. The lowest BCUT2D eigenvalue weighted by Crippen LogP contribution is -2.02. The molecule has 5 heteroatoms. The smallest absolute Gasteiger partial charge is 0.152 e. The molecule has 0 fully saturated rings. The second kappa shape index (κ2) is 6.75. The van der Waals surface area contributed by atoms with Gasteiger partial charge in [0.2, 0.25) is 0 Å². The summed E-state index contributed by atoms with van der Waals surface area (Å²) >= 11 is 12.2. The zero-order valence-corrected chi connectivity index (χ0v) is 14.1. The summed E-state index contributed by atoms with van der Waals surface area (Å²) in [5.74, 6) is 0. The second-order valence-electron chi connectivity index (χ2n) is 5.25. The van der Waals surface area contributed by atoms with Crippen LogP contribution in [0.15, 0.2) is 42.6 Å². The van der Waals surface area contributed by atoms with Crippen LogP contribution < -0.4 is 0 Å². The number of benzene rings is 2. The highest BCUT2D eigenvalue weighted by Crippen LogP contribution is 2.34. The number of carbonyl (C=O) groups excluding carboxylic acids is 1. The summed E-state index contributed by atoms with van der Waals surface area (Å²) < 4.78 is 7.17. The second-order valence-corrected chi connectivity index (χ2v) is 6.12. The van der Waals surface area contributed by atoms with Gasteiger partial charge < -0.3 is 9.30 Å². The quantitative estimate of drug-likeness (QED) is 0.603. The number of methoxy groups -OCH3 is 1. The van der Waals surface area contributed by atoms with E-state index in [0.29, 0.717) is 28.8 Å². The van der Waals surface area contributed by atoms with Crippen LogP contribution >= 0.6 is 23.2 Å². The lowest BCUT2D eigenvalue weighted by Gasteiger charge is -2.08. The van der Waals surface area contributed by atoms with Crippen LogP contribution in [0.1, 0.15) is 10.4 Å². The number of halogens is 2. The Labute approximate surface area is 144 Å². The number of hydrogen-bond acceptors (Lipinski definition) is 2. The molecule has 0 aliphatic heterocycles. The number of nitrogens with zero attached hydrogens (tertiary/aromatic N) is 1. The number of aromatic nitrogens is 1. The molecule has 23 heavy (non-hydrogen) atoms. The number of fused-ring (bicyclic) bond motifs is 1. The summed E-state index contributed by atoms with van der Waals surface area (Å²) in [5.41, 5.74) is 3.45. The molecule has 0 aliphatic rings. The van der Waals surface area contributed by atoms with Crippen molar-refractivity contribution in [3.63, 3.8) is 0 Å². The fraction of sp³-hybridized carbons (Fsp3) is 0.167. The largest absolute Gasteiger partial charge is 0.383 e. The van der Waals surface area contributed by atoms with Crippen LogP contribution in [-0.2, 0) is 11.3 Å². The first kappa shape index (κ1) is 16.1. The average Bonchev–Trinajstić information content (AvgIpc) is 2.90. The summed E-state index contributed by atoms with van der Waals surface area (Å²) in [6.07, 6.45) is 2.73. The van der Waals surface area contributed by atoms with Gasteiger partial charge in [0.05, 0.1) is 6.61 Å². The van der Waals surface area contributed by atoms with Crippen molar-refractivity contribution in [2.75, 3.05) is 13.7 Å². The Balaban J connectivity index is 2.25. The minimum absolute atomic E-state index is 0.566. The topological polar surface area (TPSA) is 31.2 Å². The van der Waals surface area contributed by atoms with Gasteiger partial charge in [-0.25, -0.2) is 0 Å². The van der Waals surface area contributed by atoms with Crippen LogP contribution in [0.3, 0.4) is 0 Å². The maximum absolute atomic E-state index is 11.5. The summed E-state index contributed by atoms with van der Waals surface area (Å²) in [7, 11) is 1.66. The fourth-order valence-corrected chi connectivity index (χ4v) is 3.32. The van der Waals surface area contributed by atoms with Gasteiger partial charge in [0, 0.05) is 46.4 Å². The molecular formula is C18H15Cl2NO2. The van der Waals surface area contributed by atoms with Gasteiger partial charge in [-0.05, 0) is 35.4 Å². The van der Waals surface area contributed by atoms with Gasteiger partial charge in [0.25, 0.3) is 0 Å². The van der Waals surface area contributed by atoms with Crippen molar-refractivity contribution in [2.45, 2.75) is 6.54 Å². The summed E-state index contributed by atoms with van der Waals surface area (Å²) in [6.45, 7) is 1.26. The van der Waals surface area contributed by atoms with Crippen molar-refractivity contribution in [2.24, 2.45) is 0 Å². The lowest BCUT2D eigenvalue weighted by molar-refractivity contribution is 0.112. The van der Waals surface area contributed by atoms with Gasteiger partial charge in [-0.3, -0.25) is 4.79 Å². The van der Waals surface area contributed by atoms with E-state index in [1.165, 1.54) is 0 Å². The summed E-state index contributed by atoms with van der Waals surface area (Å²) in [4.78, 5) is 11.5. The highest BCUT2D eigenvalue weighted by atomic mass is 35.5. The van der Waals surface area contributed by atoms with Crippen molar-refractivity contribution in [1.82, 2.24) is 4.57 Å². The van der Waals surface area contributed by atoms with E-state index in [0.717, 1.165) is 28.3 Å². The summed E-state index contributed by atoms with van der Waals surface area (Å²) in [5, 5.41) is 2.03. The van der Waals surface area contributed by atoms with Crippen LogP contribution in [-0.4, -0.2) is 24.6 Å². The molecule has 0 N–H and O–H groups in total.